The van der Waals surface area contributed by atoms with Crippen LogP contribution in [0.3, 0.4) is 0 Å². The van der Waals surface area contributed by atoms with E-state index in [1.165, 1.54) is 11.3 Å². The zero-order valence-corrected chi connectivity index (χ0v) is 12.2. The maximum atomic E-state index is 12.0. The smallest absolute Gasteiger partial charge is 0.265 e. The Labute approximate surface area is 120 Å². The largest absolute Gasteiger partial charge is 0.321 e. The van der Waals surface area contributed by atoms with E-state index in [9.17, 15) is 4.79 Å². The van der Waals surface area contributed by atoms with Gasteiger partial charge in [-0.2, -0.15) is 0 Å². The van der Waals surface area contributed by atoms with Gasteiger partial charge < -0.3 is 5.32 Å². The topological polar surface area (TPSA) is 42.0 Å². The number of thiazole rings is 1. The van der Waals surface area contributed by atoms with Gasteiger partial charge in [0.1, 0.15) is 0 Å². The molecule has 0 radical (unpaired) electrons. The van der Waals surface area contributed by atoms with E-state index >= 15 is 0 Å². The second-order valence-corrected chi connectivity index (χ2v) is 6.94. The Hall–Kier alpha value is -1.24. The monoisotopic (exact) mass is 338 g/mol. The van der Waals surface area contributed by atoms with Gasteiger partial charge in [0.15, 0.2) is 0 Å². The summed E-state index contributed by atoms with van der Waals surface area (Å²) in [5.74, 6) is -0.0884. The van der Waals surface area contributed by atoms with Crippen molar-refractivity contribution in [2.45, 2.75) is 0 Å². The van der Waals surface area contributed by atoms with Crippen molar-refractivity contribution >= 4 is 60.4 Å². The number of nitrogens with one attached hydrogen (secondary N) is 1. The summed E-state index contributed by atoms with van der Waals surface area (Å²) in [6.07, 6.45) is 0. The quantitative estimate of drug-likeness (QED) is 0.753. The van der Waals surface area contributed by atoms with Crippen molar-refractivity contribution in [3.63, 3.8) is 0 Å². The first kappa shape index (κ1) is 11.8. The number of fused-ring (bicyclic) bond motifs is 1. The molecule has 6 heteroatoms. The molecule has 0 aliphatic heterocycles. The lowest BCUT2D eigenvalue weighted by Gasteiger charge is -2.02. The third kappa shape index (κ3) is 2.31. The van der Waals surface area contributed by atoms with Crippen LogP contribution in [0.4, 0.5) is 5.69 Å². The first-order valence-corrected chi connectivity index (χ1v) is 7.61. The summed E-state index contributed by atoms with van der Waals surface area (Å²) in [5.41, 5.74) is 3.55. The Morgan fingerprint density at radius 3 is 2.94 bits per heavy atom. The third-order valence-electron chi connectivity index (χ3n) is 2.39. The average molecular weight is 339 g/mol. The minimum absolute atomic E-state index is 0.0884. The maximum absolute atomic E-state index is 12.0. The molecule has 1 amide bonds. The molecule has 3 aromatic rings. The van der Waals surface area contributed by atoms with Crippen molar-refractivity contribution in [2.24, 2.45) is 0 Å². The molecule has 0 fully saturated rings. The fourth-order valence-electron chi connectivity index (χ4n) is 1.56. The molecular weight excluding hydrogens is 332 g/mol. The standard InChI is InChI=1S/C12H7BrN2OS2/c13-11-4-3-9(18-11)12(16)15-7-1-2-8-10(5-7)17-6-14-8/h1-6H,(H,15,16). The first-order valence-electron chi connectivity index (χ1n) is 5.12. The van der Waals surface area contributed by atoms with Crippen LogP contribution in [0.2, 0.25) is 0 Å². The van der Waals surface area contributed by atoms with Gasteiger partial charge in [0, 0.05) is 5.69 Å². The number of amides is 1. The second-order valence-electron chi connectivity index (χ2n) is 3.59. The Morgan fingerprint density at radius 2 is 2.17 bits per heavy atom. The van der Waals surface area contributed by atoms with Gasteiger partial charge >= 0.3 is 0 Å². The molecule has 0 bridgehead atoms. The van der Waals surface area contributed by atoms with E-state index in [1.54, 1.807) is 22.9 Å². The lowest BCUT2D eigenvalue weighted by Crippen LogP contribution is -2.09. The van der Waals surface area contributed by atoms with Crippen LogP contribution in [0, 0.1) is 0 Å². The molecule has 0 atom stereocenters. The van der Waals surface area contributed by atoms with Crippen molar-refractivity contribution < 1.29 is 4.79 Å². The van der Waals surface area contributed by atoms with Gasteiger partial charge in [0.25, 0.3) is 5.91 Å². The highest BCUT2D eigenvalue weighted by Gasteiger charge is 2.09. The minimum Gasteiger partial charge on any atom is -0.321 e. The summed E-state index contributed by atoms with van der Waals surface area (Å²) in [7, 11) is 0. The van der Waals surface area contributed by atoms with E-state index in [-0.39, 0.29) is 5.91 Å². The molecule has 0 spiro atoms. The highest BCUT2D eigenvalue weighted by atomic mass is 79.9. The summed E-state index contributed by atoms with van der Waals surface area (Å²) in [5, 5.41) is 2.88. The second kappa shape index (κ2) is 4.79. The van der Waals surface area contributed by atoms with Gasteiger partial charge in [-0.1, -0.05) is 0 Å². The number of anilines is 1. The van der Waals surface area contributed by atoms with Crippen LogP contribution < -0.4 is 5.32 Å². The number of hydrogen-bond acceptors (Lipinski definition) is 4. The highest BCUT2D eigenvalue weighted by molar-refractivity contribution is 9.11. The zero-order valence-electron chi connectivity index (χ0n) is 9.01. The van der Waals surface area contributed by atoms with E-state index in [2.05, 4.69) is 26.2 Å². The minimum atomic E-state index is -0.0884. The van der Waals surface area contributed by atoms with Gasteiger partial charge in [0.05, 0.1) is 24.4 Å². The molecule has 0 aliphatic rings. The summed E-state index contributed by atoms with van der Waals surface area (Å²) in [4.78, 5) is 16.9. The number of benzene rings is 1. The molecule has 0 saturated carbocycles. The lowest BCUT2D eigenvalue weighted by atomic mass is 10.3. The lowest BCUT2D eigenvalue weighted by molar-refractivity contribution is 0.103. The summed E-state index contributed by atoms with van der Waals surface area (Å²) in [6.45, 7) is 0. The summed E-state index contributed by atoms with van der Waals surface area (Å²) in [6, 6.07) is 9.38. The molecule has 3 rings (SSSR count). The Kier molecular flexibility index (Phi) is 3.15. The number of thiophene rings is 1. The van der Waals surface area contributed by atoms with Crippen LogP contribution in [0.15, 0.2) is 39.6 Å². The van der Waals surface area contributed by atoms with Crippen LogP contribution in [0.1, 0.15) is 9.67 Å². The Balaban J connectivity index is 1.85. The van der Waals surface area contributed by atoms with Crippen molar-refractivity contribution in [3.8, 4) is 0 Å². The Morgan fingerprint density at radius 1 is 1.28 bits per heavy atom. The third-order valence-corrected chi connectivity index (χ3v) is 4.80. The average Bonchev–Trinajstić information content (AvgIpc) is 2.96. The highest BCUT2D eigenvalue weighted by Crippen LogP contribution is 2.25. The molecule has 0 unspecified atom stereocenters. The number of carbonyl (C=O) groups excluding carboxylic acids is 1. The van der Waals surface area contributed by atoms with E-state index in [0.717, 1.165) is 19.7 Å². The molecule has 0 saturated heterocycles. The SMILES string of the molecule is O=C(Nc1ccc2ncsc2c1)c1ccc(Br)s1. The molecular formula is C12H7BrN2OS2. The number of hydrogen-bond donors (Lipinski definition) is 1. The van der Waals surface area contributed by atoms with Crippen LogP contribution >= 0.6 is 38.6 Å². The Bertz CT molecular complexity index is 720. The zero-order chi connectivity index (χ0) is 12.5. The number of rotatable bonds is 2. The summed E-state index contributed by atoms with van der Waals surface area (Å²) >= 11 is 6.32. The van der Waals surface area contributed by atoms with Crippen molar-refractivity contribution in [1.82, 2.24) is 4.98 Å². The molecule has 0 aliphatic carbocycles. The maximum Gasteiger partial charge on any atom is 0.265 e. The number of carbonyl (C=O) groups is 1. The van der Waals surface area contributed by atoms with E-state index in [4.69, 9.17) is 0 Å². The fraction of sp³-hybridized carbons (Fsp3) is 0. The normalized spacial score (nSPS) is 10.7. The fourth-order valence-corrected chi connectivity index (χ4v) is 3.56. The molecule has 2 aromatic heterocycles. The molecule has 18 heavy (non-hydrogen) atoms. The van der Waals surface area contributed by atoms with Crippen molar-refractivity contribution in [2.75, 3.05) is 5.32 Å². The first-order chi connectivity index (χ1) is 8.72. The summed E-state index contributed by atoms with van der Waals surface area (Å²) < 4.78 is 2.02. The van der Waals surface area contributed by atoms with Gasteiger partial charge in [-0.3, -0.25) is 4.79 Å². The van der Waals surface area contributed by atoms with Gasteiger partial charge in [-0.15, -0.1) is 22.7 Å². The van der Waals surface area contributed by atoms with Crippen LogP contribution in [0.5, 0.6) is 0 Å². The van der Waals surface area contributed by atoms with Gasteiger partial charge in [-0.05, 0) is 46.3 Å². The number of aromatic nitrogens is 1. The van der Waals surface area contributed by atoms with Crippen LogP contribution in [-0.2, 0) is 0 Å². The van der Waals surface area contributed by atoms with Gasteiger partial charge in [0.2, 0.25) is 0 Å². The van der Waals surface area contributed by atoms with Crippen LogP contribution in [0.25, 0.3) is 10.2 Å². The van der Waals surface area contributed by atoms with Crippen molar-refractivity contribution in [1.29, 1.82) is 0 Å². The molecule has 1 N–H and O–H groups in total. The molecule has 1 aromatic carbocycles. The van der Waals surface area contributed by atoms with E-state index in [1.807, 2.05) is 24.3 Å². The molecule has 3 nitrogen and oxygen atoms in total. The van der Waals surface area contributed by atoms with Gasteiger partial charge in [-0.25, -0.2) is 4.98 Å². The van der Waals surface area contributed by atoms with Crippen molar-refractivity contribution in [3.05, 3.63) is 44.5 Å². The van der Waals surface area contributed by atoms with E-state index < -0.39 is 0 Å². The molecule has 90 valence electrons. The molecule has 2 heterocycles. The van der Waals surface area contributed by atoms with Crippen LogP contribution in [-0.4, -0.2) is 10.9 Å². The number of nitrogens with zero attached hydrogens (tertiary/aromatic N) is 1. The van der Waals surface area contributed by atoms with E-state index in [0.29, 0.717) is 4.88 Å². The predicted octanol–water partition coefficient (Wildman–Crippen LogP) is 4.37. The predicted molar refractivity (Wildman–Crippen MR) is 79.6 cm³/mol. The number of halogens is 1.